The van der Waals surface area contributed by atoms with E-state index in [0.717, 1.165) is 25.0 Å². The average molecular weight is 253 g/mol. The van der Waals surface area contributed by atoms with Crippen LogP contribution in [0.2, 0.25) is 0 Å². The molecular formula is C14H23NO3. The van der Waals surface area contributed by atoms with Gasteiger partial charge >= 0.3 is 0 Å². The summed E-state index contributed by atoms with van der Waals surface area (Å²) >= 11 is 0. The molecule has 0 radical (unpaired) electrons. The van der Waals surface area contributed by atoms with Gasteiger partial charge in [-0.05, 0) is 30.9 Å². The molecule has 18 heavy (non-hydrogen) atoms. The van der Waals surface area contributed by atoms with Crippen LogP contribution in [0.15, 0.2) is 16.5 Å². The lowest BCUT2D eigenvalue weighted by molar-refractivity contribution is 0.0960. The molecule has 1 fully saturated rings. The highest BCUT2D eigenvalue weighted by Crippen LogP contribution is 2.32. The minimum atomic E-state index is -0.163. The van der Waals surface area contributed by atoms with Crippen LogP contribution in [-0.4, -0.2) is 22.4 Å². The van der Waals surface area contributed by atoms with Gasteiger partial charge < -0.3 is 19.9 Å². The molecule has 102 valence electrons. The lowest BCUT2D eigenvalue weighted by Crippen LogP contribution is -2.51. The minimum absolute atomic E-state index is 0.0673. The number of hydrogen-bond donors (Lipinski definition) is 3. The van der Waals surface area contributed by atoms with Gasteiger partial charge in [-0.3, -0.25) is 0 Å². The molecule has 0 aliphatic heterocycles. The fourth-order valence-electron chi connectivity index (χ4n) is 2.90. The molecule has 4 heteroatoms. The van der Waals surface area contributed by atoms with Crippen molar-refractivity contribution in [2.75, 3.05) is 6.61 Å². The Balaban J connectivity index is 1.93. The molecule has 0 aromatic carbocycles. The number of aliphatic hydroxyl groups is 2. The lowest BCUT2D eigenvalue weighted by Gasteiger charge is -2.39. The van der Waals surface area contributed by atoms with Crippen molar-refractivity contribution in [1.29, 1.82) is 0 Å². The molecule has 2 unspecified atom stereocenters. The zero-order chi connectivity index (χ0) is 13.0. The van der Waals surface area contributed by atoms with Crippen LogP contribution in [0.4, 0.5) is 0 Å². The van der Waals surface area contributed by atoms with Crippen LogP contribution in [-0.2, 0) is 13.2 Å². The first-order valence-electron chi connectivity index (χ1n) is 6.72. The van der Waals surface area contributed by atoms with Gasteiger partial charge in [0.25, 0.3) is 0 Å². The van der Waals surface area contributed by atoms with E-state index in [1.165, 1.54) is 6.42 Å². The van der Waals surface area contributed by atoms with Crippen molar-refractivity contribution >= 4 is 0 Å². The van der Waals surface area contributed by atoms with Crippen molar-refractivity contribution in [1.82, 2.24) is 5.32 Å². The van der Waals surface area contributed by atoms with E-state index in [1.54, 1.807) is 6.07 Å². The van der Waals surface area contributed by atoms with Gasteiger partial charge in [0.2, 0.25) is 0 Å². The smallest absolute Gasteiger partial charge is 0.129 e. The van der Waals surface area contributed by atoms with E-state index in [4.69, 9.17) is 9.52 Å². The minimum Gasteiger partial charge on any atom is -0.462 e. The summed E-state index contributed by atoms with van der Waals surface area (Å²) in [7, 11) is 0. The van der Waals surface area contributed by atoms with Crippen molar-refractivity contribution in [2.24, 2.45) is 5.92 Å². The molecule has 1 heterocycles. The van der Waals surface area contributed by atoms with Crippen LogP contribution < -0.4 is 5.32 Å². The third kappa shape index (κ3) is 3.13. The summed E-state index contributed by atoms with van der Waals surface area (Å²) in [6.45, 7) is 2.95. The van der Waals surface area contributed by atoms with Crippen molar-refractivity contribution in [3.63, 3.8) is 0 Å². The first kappa shape index (κ1) is 13.6. The molecule has 0 bridgehead atoms. The molecule has 1 aliphatic rings. The Labute approximate surface area is 108 Å². The second-order valence-electron chi connectivity index (χ2n) is 5.52. The highest BCUT2D eigenvalue weighted by atomic mass is 16.4. The fraction of sp³-hybridized carbons (Fsp3) is 0.714. The maximum absolute atomic E-state index is 9.66. The zero-order valence-electron chi connectivity index (χ0n) is 11.0. The molecule has 1 aliphatic carbocycles. The topological polar surface area (TPSA) is 65.6 Å². The number of furan rings is 1. The normalized spacial score (nSPS) is 28.5. The second kappa shape index (κ2) is 5.87. The predicted molar refractivity (Wildman–Crippen MR) is 68.9 cm³/mol. The van der Waals surface area contributed by atoms with Gasteiger partial charge in [-0.25, -0.2) is 0 Å². The number of nitrogens with one attached hydrogen (secondary N) is 1. The summed E-state index contributed by atoms with van der Waals surface area (Å²) < 4.78 is 5.45. The Bertz CT molecular complexity index is 377. The summed E-state index contributed by atoms with van der Waals surface area (Å²) in [5.41, 5.74) is -0.163. The third-order valence-corrected chi connectivity index (χ3v) is 3.90. The molecule has 1 saturated carbocycles. The van der Waals surface area contributed by atoms with Gasteiger partial charge in [-0.1, -0.05) is 19.8 Å². The maximum Gasteiger partial charge on any atom is 0.129 e. The highest BCUT2D eigenvalue weighted by molar-refractivity contribution is 5.07. The van der Waals surface area contributed by atoms with Gasteiger partial charge in [-0.2, -0.15) is 0 Å². The van der Waals surface area contributed by atoms with Crippen LogP contribution in [0.5, 0.6) is 0 Å². The monoisotopic (exact) mass is 253 g/mol. The Morgan fingerprint density at radius 2 is 2.17 bits per heavy atom. The first-order chi connectivity index (χ1) is 8.67. The van der Waals surface area contributed by atoms with Gasteiger partial charge in [0.05, 0.1) is 13.2 Å². The second-order valence-corrected chi connectivity index (χ2v) is 5.52. The maximum atomic E-state index is 9.66. The van der Waals surface area contributed by atoms with E-state index in [2.05, 4.69) is 12.2 Å². The number of rotatable bonds is 5. The van der Waals surface area contributed by atoms with E-state index in [-0.39, 0.29) is 18.8 Å². The van der Waals surface area contributed by atoms with Gasteiger partial charge in [0.1, 0.15) is 18.1 Å². The summed E-state index contributed by atoms with van der Waals surface area (Å²) in [6, 6.07) is 3.65. The molecule has 4 nitrogen and oxygen atoms in total. The van der Waals surface area contributed by atoms with Crippen LogP contribution in [0.1, 0.15) is 44.1 Å². The van der Waals surface area contributed by atoms with E-state index in [1.807, 2.05) is 6.07 Å². The molecule has 1 aromatic rings. The average Bonchev–Trinajstić information content (AvgIpc) is 2.84. The van der Waals surface area contributed by atoms with Crippen molar-refractivity contribution in [2.45, 2.75) is 51.3 Å². The number of hydrogen-bond acceptors (Lipinski definition) is 4. The van der Waals surface area contributed by atoms with Crippen molar-refractivity contribution < 1.29 is 14.6 Å². The first-order valence-corrected chi connectivity index (χ1v) is 6.72. The van der Waals surface area contributed by atoms with Crippen LogP contribution in [0.25, 0.3) is 0 Å². The van der Waals surface area contributed by atoms with Crippen molar-refractivity contribution in [3.05, 3.63) is 23.7 Å². The van der Waals surface area contributed by atoms with E-state index < -0.39 is 0 Å². The Morgan fingerprint density at radius 1 is 1.39 bits per heavy atom. The molecule has 0 spiro atoms. The SMILES string of the molecule is CC1CCCC(CO)(NCc2ccc(CO)o2)C1. The summed E-state index contributed by atoms with van der Waals surface area (Å²) in [4.78, 5) is 0. The Kier molecular flexibility index (Phi) is 4.43. The third-order valence-electron chi connectivity index (χ3n) is 3.90. The standard InChI is InChI=1S/C14H23NO3/c1-11-3-2-6-14(7-11,10-17)15-8-12-4-5-13(9-16)18-12/h4-5,11,15-17H,2-3,6-10H2,1H3. The molecular weight excluding hydrogens is 230 g/mol. The Hall–Kier alpha value is -0.840. The van der Waals surface area contributed by atoms with Crippen molar-refractivity contribution in [3.8, 4) is 0 Å². The highest BCUT2D eigenvalue weighted by Gasteiger charge is 2.33. The van der Waals surface area contributed by atoms with Crippen LogP contribution >= 0.6 is 0 Å². The summed E-state index contributed by atoms with van der Waals surface area (Å²) in [6.07, 6.45) is 4.44. The Morgan fingerprint density at radius 3 is 2.78 bits per heavy atom. The molecule has 2 atom stereocenters. The largest absolute Gasteiger partial charge is 0.462 e. The summed E-state index contributed by atoms with van der Waals surface area (Å²) in [5.74, 6) is 2.05. The predicted octanol–water partition coefficient (Wildman–Crippen LogP) is 1.80. The number of aliphatic hydroxyl groups excluding tert-OH is 2. The van der Waals surface area contributed by atoms with Gasteiger partial charge in [0, 0.05) is 5.54 Å². The van der Waals surface area contributed by atoms with E-state index >= 15 is 0 Å². The fourth-order valence-corrected chi connectivity index (χ4v) is 2.90. The van der Waals surface area contributed by atoms with Crippen LogP contribution in [0, 0.1) is 5.92 Å². The summed E-state index contributed by atoms with van der Waals surface area (Å²) in [5, 5.41) is 22.0. The molecule has 2 rings (SSSR count). The van der Waals surface area contributed by atoms with Gasteiger partial charge in [-0.15, -0.1) is 0 Å². The van der Waals surface area contributed by atoms with E-state index in [0.29, 0.717) is 18.2 Å². The van der Waals surface area contributed by atoms with Gasteiger partial charge in [0.15, 0.2) is 0 Å². The molecule has 0 saturated heterocycles. The zero-order valence-corrected chi connectivity index (χ0v) is 11.0. The quantitative estimate of drug-likeness (QED) is 0.748. The molecule has 3 N–H and O–H groups in total. The molecule has 0 amide bonds. The molecule has 1 aromatic heterocycles. The lowest BCUT2D eigenvalue weighted by atomic mass is 9.77. The van der Waals surface area contributed by atoms with E-state index in [9.17, 15) is 5.11 Å². The van der Waals surface area contributed by atoms with Crippen LogP contribution in [0.3, 0.4) is 0 Å².